The number of methoxy groups -OCH3 is 1. The number of thioether (sulfide) groups is 1. The van der Waals surface area contributed by atoms with Gasteiger partial charge in [0.15, 0.2) is 0 Å². The van der Waals surface area contributed by atoms with Crippen molar-refractivity contribution in [2.75, 3.05) is 12.8 Å². The summed E-state index contributed by atoms with van der Waals surface area (Å²) in [7, 11) is 1.65. The number of anilines is 1. The van der Waals surface area contributed by atoms with Crippen molar-refractivity contribution in [3.05, 3.63) is 53.8 Å². The summed E-state index contributed by atoms with van der Waals surface area (Å²) in [6.07, 6.45) is 0. The molecule has 0 radical (unpaired) electrons. The van der Waals surface area contributed by atoms with Crippen LogP contribution in [0, 0.1) is 5.82 Å². The Morgan fingerprint density at radius 1 is 1.22 bits per heavy atom. The molecule has 0 fully saturated rings. The van der Waals surface area contributed by atoms with E-state index in [-0.39, 0.29) is 11.5 Å². The molecule has 18 heavy (non-hydrogen) atoms. The molecule has 0 unspecified atom stereocenters. The molecule has 0 saturated carbocycles. The minimum Gasteiger partial charge on any atom is -0.496 e. The van der Waals surface area contributed by atoms with Gasteiger partial charge in [-0.25, -0.2) is 4.39 Å². The fraction of sp³-hybridized carbons (Fsp3) is 0.143. The van der Waals surface area contributed by atoms with E-state index in [1.165, 1.54) is 6.07 Å². The van der Waals surface area contributed by atoms with Crippen LogP contribution in [0.15, 0.2) is 47.4 Å². The van der Waals surface area contributed by atoms with Crippen LogP contribution in [0.25, 0.3) is 0 Å². The molecule has 4 heteroatoms. The molecule has 0 saturated heterocycles. The highest BCUT2D eigenvalue weighted by molar-refractivity contribution is 7.98. The van der Waals surface area contributed by atoms with E-state index in [1.54, 1.807) is 24.9 Å². The molecule has 2 aromatic carbocycles. The number of ether oxygens (including phenoxy) is 1. The van der Waals surface area contributed by atoms with Gasteiger partial charge in [0.05, 0.1) is 12.8 Å². The van der Waals surface area contributed by atoms with Gasteiger partial charge < -0.3 is 10.5 Å². The van der Waals surface area contributed by atoms with Crippen molar-refractivity contribution >= 4 is 17.4 Å². The van der Waals surface area contributed by atoms with Gasteiger partial charge in [0, 0.05) is 16.2 Å². The smallest absolute Gasteiger partial charge is 0.147 e. The first-order chi connectivity index (χ1) is 8.70. The van der Waals surface area contributed by atoms with E-state index in [2.05, 4.69) is 0 Å². The number of halogens is 1. The third-order valence-electron chi connectivity index (χ3n) is 2.56. The maximum Gasteiger partial charge on any atom is 0.147 e. The van der Waals surface area contributed by atoms with E-state index in [1.807, 2.05) is 30.3 Å². The lowest BCUT2D eigenvalue weighted by molar-refractivity contribution is 0.411. The number of nitrogens with two attached hydrogens (primary N) is 1. The molecule has 0 aliphatic carbocycles. The number of nitrogen functional groups attached to an aromatic ring is 1. The van der Waals surface area contributed by atoms with Crippen LogP contribution in [0.2, 0.25) is 0 Å². The van der Waals surface area contributed by atoms with E-state index in [0.717, 1.165) is 22.0 Å². The molecule has 2 nitrogen and oxygen atoms in total. The average molecular weight is 263 g/mol. The molecule has 0 atom stereocenters. The molecule has 0 bridgehead atoms. The highest BCUT2D eigenvalue weighted by Crippen LogP contribution is 2.29. The van der Waals surface area contributed by atoms with Gasteiger partial charge >= 0.3 is 0 Å². The number of para-hydroxylation sites is 1. The van der Waals surface area contributed by atoms with Crippen molar-refractivity contribution in [2.24, 2.45) is 0 Å². The zero-order chi connectivity index (χ0) is 13.0. The van der Waals surface area contributed by atoms with Gasteiger partial charge in [-0.05, 0) is 24.3 Å². The summed E-state index contributed by atoms with van der Waals surface area (Å²) in [6.45, 7) is 0. The van der Waals surface area contributed by atoms with Gasteiger partial charge in [0.1, 0.15) is 11.6 Å². The van der Waals surface area contributed by atoms with Gasteiger partial charge in [-0.3, -0.25) is 0 Å². The van der Waals surface area contributed by atoms with Crippen LogP contribution in [0.5, 0.6) is 5.75 Å². The summed E-state index contributed by atoms with van der Waals surface area (Å²) in [5, 5.41) is 0. The molecule has 2 aromatic rings. The highest BCUT2D eigenvalue weighted by atomic mass is 32.2. The predicted molar refractivity (Wildman–Crippen MR) is 73.4 cm³/mol. The van der Waals surface area contributed by atoms with E-state index in [9.17, 15) is 4.39 Å². The average Bonchev–Trinajstić information content (AvgIpc) is 2.40. The number of benzene rings is 2. The maximum absolute atomic E-state index is 13.3. The fourth-order valence-corrected chi connectivity index (χ4v) is 2.49. The minimum atomic E-state index is -0.375. The van der Waals surface area contributed by atoms with Crippen LogP contribution in [-0.4, -0.2) is 7.11 Å². The normalized spacial score (nSPS) is 10.3. The van der Waals surface area contributed by atoms with Crippen LogP contribution < -0.4 is 10.5 Å². The molecule has 2 rings (SSSR count). The third kappa shape index (κ3) is 2.96. The molecule has 0 spiro atoms. The maximum atomic E-state index is 13.3. The quantitative estimate of drug-likeness (QED) is 0.674. The van der Waals surface area contributed by atoms with Gasteiger partial charge in [-0.1, -0.05) is 18.2 Å². The SMILES string of the molecule is COc1ccccc1CSc1ccc(N)c(F)c1. The zero-order valence-corrected chi connectivity index (χ0v) is 10.8. The number of hydrogen-bond acceptors (Lipinski definition) is 3. The van der Waals surface area contributed by atoms with Gasteiger partial charge in [-0.15, -0.1) is 11.8 Å². The topological polar surface area (TPSA) is 35.2 Å². The van der Waals surface area contributed by atoms with Crippen molar-refractivity contribution in [2.45, 2.75) is 10.6 Å². The summed E-state index contributed by atoms with van der Waals surface area (Å²) in [5.74, 6) is 1.20. The molecule has 94 valence electrons. The molecular formula is C14H14FNOS. The molecule has 0 aromatic heterocycles. The van der Waals surface area contributed by atoms with E-state index < -0.39 is 0 Å². The Morgan fingerprint density at radius 2 is 2.00 bits per heavy atom. The Hall–Kier alpha value is -1.68. The standard InChI is InChI=1S/C14H14FNOS/c1-17-14-5-3-2-4-10(14)9-18-11-6-7-13(16)12(15)8-11/h2-8H,9,16H2,1H3. The van der Waals surface area contributed by atoms with Crippen LogP contribution in [0.1, 0.15) is 5.56 Å². The van der Waals surface area contributed by atoms with Crippen LogP contribution in [-0.2, 0) is 5.75 Å². The summed E-state index contributed by atoms with van der Waals surface area (Å²) < 4.78 is 18.6. The van der Waals surface area contributed by atoms with E-state index in [4.69, 9.17) is 10.5 Å². The second-order valence-electron chi connectivity index (χ2n) is 3.78. The fourth-order valence-electron chi connectivity index (χ4n) is 1.58. The zero-order valence-electron chi connectivity index (χ0n) is 10.0. The number of hydrogen-bond donors (Lipinski definition) is 1. The summed E-state index contributed by atoms with van der Waals surface area (Å²) in [5.41, 5.74) is 6.70. The summed E-state index contributed by atoms with van der Waals surface area (Å²) >= 11 is 1.55. The van der Waals surface area contributed by atoms with Crippen molar-refractivity contribution in [3.63, 3.8) is 0 Å². The van der Waals surface area contributed by atoms with E-state index in [0.29, 0.717) is 0 Å². The first-order valence-corrected chi connectivity index (χ1v) is 6.49. The van der Waals surface area contributed by atoms with Crippen LogP contribution in [0.4, 0.5) is 10.1 Å². The first-order valence-electron chi connectivity index (χ1n) is 5.50. The van der Waals surface area contributed by atoms with Crippen molar-refractivity contribution in [1.29, 1.82) is 0 Å². The molecule has 0 aliphatic heterocycles. The molecule has 2 N–H and O–H groups in total. The summed E-state index contributed by atoms with van der Waals surface area (Å²) in [4.78, 5) is 0.854. The number of rotatable bonds is 4. The minimum absolute atomic E-state index is 0.177. The van der Waals surface area contributed by atoms with Crippen molar-refractivity contribution in [3.8, 4) is 5.75 Å². The van der Waals surface area contributed by atoms with Gasteiger partial charge in [-0.2, -0.15) is 0 Å². The van der Waals surface area contributed by atoms with Crippen LogP contribution >= 0.6 is 11.8 Å². The lowest BCUT2D eigenvalue weighted by Gasteiger charge is -2.08. The Bertz CT molecular complexity index is 545. The van der Waals surface area contributed by atoms with Gasteiger partial charge in [0.25, 0.3) is 0 Å². The molecule has 0 aliphatic rings. The van der Waals surface area contributed by atoms with Crippen molar-refractivity contribution < 1.29 is 9.13 Å². The largest absolute Gasteiger partial charge is 0.496 e. The lowest BCUT2D eigenvalue weighted by Crippen LogP contribution is -1.91. The molecule has 0 amide bonds. The first kappa shape index (κ1) is 12.8. The monoisotopic (exact) mass is 263 g/mol. The van der Waals surface area contributed by atoms with Gasteiger partial charge in [0.2, 0.25) is 0 Å². The molecular weight excluding hydrogens is 249 g/mol. The Morgan fingerprint density at radius 3 is 2.72 bits per heavy atom. The van der Waals surface area contributed by atoms with Crippen molar-refractivity contribution in [1.82, 2.24) is 0 Å². The van der Waals surface area contributed by atoms with Crippen LogP contribution in [0.3, 0.4) is 0 Å². The Labute approximate surface area is 110 Å². The Kier molecular flexibility index (Phi) is 4.10. The lowest BCUT2D eigenvalue weighted by atomic mass is 10.2. The predicted octanol–water partition coefficient (Wildman–Crippen LogP) is 3.71. The van der Waals surface area contributed by atoms with E-state index >= 15 is 0 Å². The molecule has 0 heterocycles. The Balaban J connectivity index is 2.09. The third-order valence-corrected chi connectivity index (χ3v) is 3.60. The second kappa shape index (κ2) is 5.78. The summed E-state index contributed by atoms with van der Waals surface area (Å²) in [6, 6.07) is 12.7. The highest BCUT2D eigenvalue weighted by Gasteiger charge is 2.04. The second-order valence-corrected chi connectivity index (χ2v) is 4.83.